The van der Waals surface area contributed by atoms with Crippen molar-refractivity contribution < 1.29 is 9.47 Å². The Labute approximate surface area is 159 Å². The van der Waals surface area contributed by atoms with Crippen LogP contribution in [0.5, 0.6) is 0 Å². The van der Waals surface area contributed by atoms with Gasteiger partial charge < -0.3 is 14.8 Å². The first kappa shape index (κ1) is 18.5. The summed E-state index contributed by atoms with van der Waals surface area (Å²) < 4.78 is 11.9. The minimum atomic E-state index is 0.193. The Morgan fingerprint density at radius 1 is 1.12 bits per heavy atom. The quantitative estimate of drug-likeness (QED) is 0.752. The Kier molecular flexibility index (Phi) is 5.85. The summed E-state index contributed by atoms with van der Waals surface area (Å²) in [6.07, 6.45) is 0. The van der Waals surface area contributed by atoms with E-state index in [1.54, 1.807) is 11.8 Å². The van der Waals surface area contributed by atoms with Crippen molar-refractivity contribution in [3.8, 4) is 0 Å². The zero-order valence-electron chi connectivity index (χ0n) is 15.1. The minimum absolute atomic E-state index is 0.193. The van der Waals surface area contributed by atoms with E-state index in [1.807, 2.05) is 24.3 Å². The summed E-state index contributed by atoms with van der Waals surface area (Å²) in [5.74, 6) is 2.38. The van der Waals surface area contributed by atoms with E-state index in [-0.39, 0.29) is 6.04 Å². The molecule has 1 aromatic carbocycles. The fourth-order valence-corrected chi connectivity index (χ4v) is 3.62. The minimum Gasteiger partial charge on any atom is -0.476 e. The number of ether oxygens (including phenoxy) is 2. The maximum absolute atomic E-state index is 6.00. The molecule has 4 nitrogen and oxygen atoms in total. The smallest absolute Gasteiger partial charge is 0.229 e. The lowest BCUT2D eigenvalue weighted by Crippen LogP contribution is -2.29. The second-order valence-corrected chi connectivity index (χ2v) is 8.60. The van der Waals surface area contributed by atoms with Gasteiger partial charge in [-0.25, -0.2) is 4.99 Å². The lowest BCUT2D eigenvalue weighted by atomic mass is 10.1. The van der Waals surface area contributed by atoms with Crippen molar-refractivity contribution in [3.63, 3.8) is 0 Å². The molecule has 3 rings (SSSR count). The van der Waals surface area contributed by atoms with E-state index in [9.17, 15) is 0 Å². The standard InChI is InChI=1S/C19H25ClN2O2S/c1-11(2)15-9-23-18(21-15)17(19-22-16(10-24-19)12(3)4)25-14-7-5-13(20)6-8-14/h5-8,11-12,15-16,21H,9-10H2,1-4H3/b18-17-/t15-,16-/m1/s1. The Hall–Kier alpha value is -1.33. The van der Waals surface area contributed by atoms with E-state index >= 15 is 0 Å². The third-order valence-electron chi connectivity index (χ3n) is 4.41. The van der Waals surface area contributed by atoms with Crippen LogP contribution < -0.4 is 5.32 Å². The second kappa shape index (κ2) is 7.92. The van der Waals surface area contributed by atoms with Gasteiger partial charge in [0.25, 0.3) is 0 Å². The number of halogens is 1. The molecule has 6 heteroatoms. The molecule has 0 radical (unpaired) electrons. The van der Waals surface area contributed by atoms with E-state index in [2.05, 4.69) is 33.0 Å². The number of benzene rings is 1. The van der Waals surface area contributed by atoms with E-state index in [0.717, 1.165) is 20.7 Å². The Morgan fingerprint density at radius 2 is 1.84 bits per heavy atom. The van der Waals surface area contributed by atoms with Gasteiger partial charge in [0.05, 0.1) is 12.1 Å². The number of hydrogen-bond acceptors (Lipinski definition) is 5. The van der Waals surface area contributed by atoms with E-state index in [0.29, 0.717) is 37.0 Å². The topological polar surface area (TPSA) is 42.8 Å². The molecule has 0 saturated carbocycles. The molecule has 0 unspecified atom stereocenters. The lowest BCUT2D eigenvalue weighted by molar-refractivity contribution is 0.242. The van der Waals surface area contributed by atoms with Crippen LogP contribution in [0.15, 0.2) is 44.9 Å². The fraction of sp³-hybridized carbons (Fsp3) is 0.526. The lowest BCUT2D eigenvalue weighted by Gasteiger charge is -2.13. The summed E-state index contributed by atoms with van der Waals surface area (Å²) in [6, 6.07) is 8.27. The van der Waals surface area contributed by atoms with Crippen molar-refractivity contribution >= 4 is 29.3 Å². The van der Waals surface area contributed by atoms with Crippen LogP contribution in [0.4, 0.5) is 0 Å². The van der Waals surface area contributed by atoms with Gasteiger partial charge in [0, 0.05) is 9.92 Å². The molecule has 0 bridgehead atoms. The van der Waals surface area contributed by atoms with E-state index in [4.69, 9.17) is 26.1 Å². The number of hydrogen-bond donors (Lipinski definition) is 1. The van der Waals surface area contributed by atoms with Crippen molar-refractivity contribution in [2.45, 2.75) is 44.7 Å². The van der Waals surface area contributed by atoms with Gasteiger partial charge in [-0.05, 0) is 36.1 Å². The zero-order chi connectivity index (χ0) is 18.0. The molecule has 1 aromatic rings. The molecule has 1 N–H and O–H groups in total. The molecule has 0 spiro atoms. The third-order valence-corrected chi connectivity index (χ3v) is 5.73. The predicted octanol–water partition coefficient (Wildman–Crippen LogP) is 4.70. The average molecular weight is 381 g/mol. The number of thioether (sulfide) groups is 1. The van der Waals surface area contributed by atoms with Crippen LogP contribution in [0.1, 0.15) is 27.7 Å². The highest BCUT2D eigenvalue weighted by Gasteiger charge is 2.31. The van der Waals surface area contributed by atoms with Crippen molar-refractivity contribution in [2.24, 2.45) is 16.8 Å². The largest absolute Gasteiger partial charge is 0.476 e. The highest BCUT2D eigenvalue weighted by Crippen LogP contribution is 2.35. The van der Waals surface area contributed by atoms with E-state index in [1.165, 1.54) is 0 Å². The molecule has 1 saturated heterocycles. The van der Waals surface area contributed by atoms with Crippen LogP contribution in [-0.2, 0) is 9.47 Å². The summed E-state index contributed by atoms with van der Waals surface area (Å²) in [5.41, 5.74) is 0. The van der Waals surface area contributed by atoms with Gasteiger partial charge >= 0.3 is 0 Å². The van der Waals surface area contributed by atoms with E-state index < -0.39 is 0 Å². The Bertz CT molecular complexity index is 671. The monoisotopic (exact) mass is 380 g/mol. The van der Waals surface area contributed by atoms with Crippen molar-refractivity contribution in [1.82, 2.24) is 5.32 Å². The normalized spacial score (nSPS) is 24.8. The molecule has 0 aromatic heterocycles. The van der Waals surface area contributed by atoms with Crippen LogP contribution >= 0.6 is 23.4 Å². The van der Waals surface area contributed by atoms with Crippen LogP contribution in [0.25, 0.3) is 0 Å². The van der Waals surface area contributed by atoms with Crippen LogP contribution in [0, 0.1) is 11.8 Å². The first-order valence-corrected chi connectivity index (χ1v) is 9.91. The van der Waals surface area contributed by atoms with Gasteiger partial charge in [-0.3, -0.25) is 0 Å². The van der Waals surface area contributed by atoms with Gasteiger partial charge in [-0.1, -0.05) is 51.1 Å². The van der Waals surface area contributed by atoms with Crippen LogP contribution in [-0.4, -0.2) is 31.2 Å². The maximum Gasteiger partial charge on any atom is 0.229 e. The maximum atomic E-state index is 6.00. The van der Waals surface area contributed by atoms with Gasteiger partial charge in [0.2, 0.25) is 11.8 Å². The summed E-state index contributed by atoms with van der Waals surface area (Å²) in [4.78, 5) is 6.77. The molecular formula is C19H25ClN2O2S. The Morgan fingerprint density at radius 3 is 2.40 bits per heavy atom. The third kappa shape index (κ3) is 4.45. The van der Waals surface area contributed by atoms with Crippen molar-refractivity contribution in [1.29, 1.82) is 0 Å². The SMILES string of the molecule is CC(C)[C@H]1COC(/C(Sc2ccc(Cl)cc2)=C2\N[C@@H](C(C)C)CO2)=N1. The van der Waals surface area contributed by atoms with Crippen molar-refractivity contribution in [2.75, 3.05) is 13.2 Å². The zero-order valence-corrected chi connectivity index (χ0v) is 16.7. The molecule has 1 fully saturated rings. The average Bonchev–Trinajstić information content (AvgIpc) is 3.24. The number of rotatable bonds is 5. The van der Waals surface area contributed by atoms with Gasteiger partial charge in [0.15, 0.2) is 0 Å². The van der Waals surface area contributed by atoms with Crippen LogP contribution in [0.2, 0.25) is 5.02 Å². The molecule has 25 heavy (non-hydrogen) atoms. The first-order valence-electron chi connectivity index (χ1n) is 8.72. The molecule has 0 aliphatic carbocycles. The number of nitrogens with one attached hydrogen (secondary N) is 1. The Balaban J connectivity index is 1.89. The second-order valence-electron chi connectivity index (χ2n) is 7.08. The predicted molar refractivity (Wildman–Crippen MR) is 104 cm³/mol. The summed E-state index contributed by atoms with van der Waals surface area (Å²) >= 11 is 7.60. The number of aliphatic imine (C=N–C) groups is 1. The molecule has 2 heterocycles. The highest BCUT2D eigenvalue weighted by atomic mass is 35.5. The van der Waals surface area contributed by atoms with Crippen molar-refractivity contribution in [3.05, 3.63) is 40.1 Å². The molecular weight excluding hydrogens is 356 g/mol. The number of nitrogens with zero attached hydrogens (tertiary/aromatic N) is 1. The molecule has 136 valence electrons. The molecule has 2 aliphatic rings. The highest BCUT2D eigenvalue weighted by molar-refractivity contribution is 8.04. The van der Waals surface area contributed by atoms with Gasteiger partial charge in [-0.2, -0.15) is 0 Å². The molecule has 2 atom stereocenters. The fourth-order valence-electron chi connectivity index (χ4n) is 2.58. The van der Waals surface area contributed by atoms with Crippen LogP contribution in [0.3, 0.4) is 0 Å². The molecule has 0 amide bonds. The summed E-state index contributed by atoms with van der Waals surface area (Å²) in [5, 5.41) is 4.22. The first-order chi connectivity index (χ1) is 11.9. The molecule has 2 aliphatic heterocycles. The summed E-state index contributed by atoms with van der Waals surface area (Å²) in [6.45, 7) is 10.00. The van der Waals surface area contributed by atoms with Gasteiger partial charge in [0.1, 0.15) is 18.1 Å². The van der Waals surface area contributed by atoms with Gasteiger partial charge in [-0.15, -0.1) is 0 Å². The summed E-state index contributed by atoms with van der Waals surface area (Å²) in [7, 11) is 0.